The minimum absolute atomic E-state index is 0.178. The summed E-state index contributed by atoms with van der Waals surface area (Å²) in [5.41, 5.74) is -1.92. The number of halogens is 4. The molecule has 0 bridgehead atoms. The third-order valence-corrected chi connectivity index (χ3v) is 4.07. The molecule has 30 heavy (non-hydrogen) atoms. The molecule has 0 unspecified atom stereocenters. The second-order valence-electron chi connectivity index (χ2n) is 6.09. The van der Waals surface area contributed by atoms with Crippen LogP contribution in [-0.4, -0.2) is 21.8 Å². The van der Waals surface area contributed by atoms with Crippen molar-refractivity contribution in [2.45, 2.75) is 13.1 Å². The minimum Gasteiger partial charge on any atom is -0.348 e. The van der Waals surface area contributed by atoms with E-state index in [0.29, 0.717) is 11.1 Å². The Hall–Kier alpha value is -3.82. The molecule has 2 N–H and O–H groups in total. The third kappa shape index (κ3) is 4.43. The lowest BCUT2D eigenvalue weighted by atomic mass is 10.1. The first-order chi connectivity index (χ1) is 14.4. The Kier molecular flexibility index (Phi) is 6.35. The van der Waals surface area contributed by atoms with Gasteiger partial charge in [0.15, 0.2) is 23.3 Å². The lowest BCUT2D eigenvalue weighted by Crippen LogP contribution is -2.30. The van der Waals surface area contributed by atoms with E-state index >= 15 is 0 Å². The number of carbonyl (C=O) groups is 2. The Balaban J connectivity index is 1.82. The van der Waals surface area contributed by atoms with Crippen molar-refractivity contribution >= 4 is 11.8 Å². The van der Waals surface area contributed by atoms with E-state index in [-0.39, 0.29) is 13.1 Å². The monoisotopic (exact) mass is 418 g/mol. The molecule has 2 heterocycles. The van der Waals surface area contributed by atoms with Gasteiger partial charge < -0.3 is 10.6 Å². The van der Waals surface area contributed by atoms with Crippen molar-refractivity contribution in [3.05, 3.63) is 94.6 Å². The second-order valence-corrected chi connectivity index (χ2v) is 6.09. The van der Waals surface area contributed by atoms with Gasteiger partial charge in [0, 0.05) is 37.9 Å². The lowest BCUT2D eigenvalue weighted by Gasteiger charge is -2.12. The number of nitrogens with one attached hydrogen (secondary N) is 2. The molecular formula is C20H14F4N4O2. The second kappa shape index (κ2) is 9.12. The topological polar surface area (TPSA) is 84.0 Å². The molecule has 0 aliphatic carbocycles. The van der Waals surface area contributed by atoms with Crippen LogP contribution in [0.5, 0.6) is 0 Å². The van der Waals surface area contributed by atoms with Gasteiger partial charge in [0.2, 0.25) is 0 Å². The highest BCUT2D eigenvalue weighted by Crippen LogP contribution is 2.24. The van der Waals surface area contributed by atoms with Gasteiger partial charge in [-0.25, -0.2) is 17.6 Å². The van der Waals surface area contributed by atoms with Crippen molar-refractivity contribution in [1.82, 2.24) is 20.6 Å². The minimum atomic E-state index is -1.97. The van der Waals surface area contributed by atoms with Gasteiger partial charge in [-0.15, -0.1) is 0 Å². The summed E-state index contributed by atoms with van der Waals surface area (Å²) in [6, 6.07) is 6.30. The Morgan fingerprint density at radius 1 is 0.700 bits per heavy atom. The molecule has 154 valence electrons. The first-order valence-corrected chi connectivity index (χ1v) is 8.60. The van der Waals surface area contributed by atoms with Crippen LogP contribution < -0.4 is 10.6 Å². The summed E-state index contributed by atoms with van der Waals surface area (Å²) in [5.74, 6) is -10.6. The maximum absolute atomic E-state index is 14.4. The van der Waals surface area contributed by atoms with Crippen LogP contribution in [0.25, 0.3) is 0 Å². The number of amides is 2. The molecule has 3 aromatic rings. The van der Waals surface area contributed by atoms with Gasteiger partial charge in [-0.2, -0.15) is 0 Å². The summed E-state index contributed by atoms with van der Waals surface area (Å²) < 4.78 is 57.4. The van der Waals surface area contributed by atoms with Gasteiger partial charge in [0.05, 0.1) is 0 Å². The predicted molar refractivity (Wildman–Crippen MR) is 97.1 cm³/mol. The molecule has 0 aliphatic rings. The number of hydrogen-bond acceptors (Lipinski definition) is 4. The fraction of sp³-hybridized carbons (Fsp3) is 0.100. The zero-order valence-electron chi connectivity index (χ0n) is 15.3. The Morgan fingerprint density at radius 3 is 1.37 bits per heavy atom. The smallest absolute Gasteiger partial charge is 0.257 e. The van der Waals surface area contributed by atoms with E-state index in [1.165, 1.54) is 24.8 Å². The summed E-state index contributed by atoms with van der Waals surface area (Å²) in [4.78, 5) is 31.8. The Labute approximate surface area is 168 Å². The zero-order chi connectivity index (χ0) is 21.7. The summed E-state index contributed by atoms with van der Waals surface area (Å²) in [7, 11) is 0. The van der Waals surface area contributed by atoms with E-state index in [1.54, 1.807) is 24.3 Å². The van der Waals surface area contributed by atoms with E-state index in [1.807, 2.05) is 0 Å². The number of rotatable bonds is 6. The molecule has 10 heteroatoms. The van der Waals surface area contributed by atoms with Gasteiger partial charge in [-0.05, 0) is 23.3 Å². The van der Waals surface area contributed by atoms with Crippen molar-refractivity contribution in [3.63, 3.8) is 0 Å². The van der Waals surface area contributed by atoms with Crippen molar-refractivity contribution < 1.29 is 27.2 Å². The summed E-state index contributed by atoms with van der Waals surface area (Å²) in [6.07, 6.45) is 5.74. The Morgan fingerprint density at radius 2 is 1.07 bits per heavy atom. The van der Waals surface area contributed by atoms with Gasteiger partial charge in [0.1, 0.15) is 11.1 Å². The molecule has 0 saturated carbocycles. The summed E-state index contributed by atoms with van der Waals surface area (Å²) in [5, 5.41) is 4.29. The zero-order valence-corrected chi connectivity index (χ0v) is 15.3. The van der Waals surface area contributed by atoms with Crippen molar-refractivity contribution in [1.29, 1.82) is 0 Å². The average molecular weight is 418 g/mol. The number of nitrogens with zero attached hydrogens (tertiary/aromatic N) is 2. The maximum atomic E-state index is 14.4. The fourth-order valence-electron chi connectivity index (χ4n) is 2.58. The quantitative estimate of drug-likeness (QED) is 0.476. The van der Waals surface area contributed by atoms with Crippen LogP contribution in [0, 0.1) is 23.3 Å². The summed E-state index contributed by atoms with van der Waals surface area (Å²) in [6.45, 7) is -0.357. The third-order valence-electron chi connectivity index (χ3n) is 4.07. The van der Waals surface area contributed by atoms with Crippen molar-refractivity contribution in [2.24, 2.45) is 0 Å². The van der Waals surface area contributed by atoms with Crippen LogP contribution in [0.1, 0.15) is 31.8 Å². The highest BCUT2D eigenvalue weighted by Gasteiger charge is 2.32. The molecule has 1 aromatic carbocycles. The molecule has 0 fully saturated rings. The number of hydrogen-bond donors (Lipinski definition) is 2. The first-order valence-electron chi connectivity index (χ1n) is 8.60. The molecule has 2 amide bonds. The van der Waals surface area contributed by atoms with Gasteiger partial charge in [-0.3, -0.25) is 19.6 Å². The molecule has 0 radical (unpaired) electrons. The van der Waals surface area contributed by atoms with E-state index < -0.39 is 46.2 Å². The number of aromatic nitrogens is 2. The highest BCUT2D eigenvalue weighted by molar-refractivity contribution is 5.98. The fourth-order valence-corrected chi connectivity index (χ4v) is 2.58. The number of benzene rings is 1. The van der Waals surface area contributed by atoms with Crippen LogP contribution in [0.3, 0.4) is 0 Å². The number of carbonyl (C=O) groups excluding carboxylic acids is 2. The SMILES string of the molecule is O=C(NCc1cccnc1)c1c(F)c(F)c(C(=O)NCc2cccnc2)c(F)c1F. The normalized spacial score (nSPS) is 10.5. The van der Waals surface area contributed by atoms with Gasteiger partial charge in [-0.1, -0.05) is 12.1 Å². The molecule has 0 saturated heterocycles. The van der Waals surface area contributed by atoms with Crippen molar-refractivity contribution in [3.8, 4) is 0 Å². The van der Waals surface area contributed by atoms with Crippen LogP contribution in [-0.2, 0) is 13.1 Å². The van der Waals surface area contributed by atoms with E-state index in [0.717, 1.165) is 0 Å². The first kappa shape index (κ1) is 20.9. The molecule has 0 atom stereocenters. The summed E-state index contributed by atoms with van der Waals surface area (Å²) >= 11 is 0. The predicted octanol–water partition coefficient (Wildman–Crippen LogP) is 2.89. The molecule has 0 spiro atoms. The van der Waals surface area contributed by atoms with Crippen LogP contribution >= 0.6 is 0 Å². The molecular weight excluding hydrogens is 404 g/mol. The largest absolute Gasteiger partial charge is 0.348 e. The Bertz CT molecular complexity index is 964. The number of pyridine rings is 2. The molecule has 6 nitrogen and oxygen atoms in total. The van der Waals surface area contributed by atoms with Crippen LogP contribution in [0.15, 0.2) is 49.1 Å². The van der Waals surface area contributed by atoms with Crippen LogP contribution in [0.2, 0.25) is 0 Å². The van der Waals surface area contributed by atoms with Gasteiger partial charge in [0.25, 0.3) is 11.8 Å². The lowest BCUT2D eigenvalue weighted by molar-refractivity contribution is 0.0920. The maximum Gasteiger partial charge on any atom is 0.257 e. The van der Waals surface area contributed by atoms with E-state index in [4.69, 9.17) is 0 Å². The van der Waals surface area contributed by atoms with Gasteiger partial charge >= 0.3 is 0 Å². The average Bonchev–Trinajstić information content (AvgIpc) is 2.76. The standard InChI is InChI=1S/C20H14F4N4O2/c21-15-13(19(29)27-9-11-3-1-5-25-7-11)16(22)18(24)14(17(15)23)20(30)28-10-12-4-2-6-26-8-12/h1-8H,9-10H2,(H,27,29)(H,28,30). The highest BCUT2D eigenvalue weighted by atomic mass is 19.2. The van der Waals surface area contributed by atoms with Crippen LogP contribution in [0.4, 0.5) is 17.6 Å². The van der Waals surface area contributed by atoms with E-state index in [2.05, 4.69) is 20.6 Å². The molecule has 0 aliphatic heterocycles. The van der Waals surface area contributed by atoms with E-state index in [9.17, 15) is 27.2 Å². The molecule has 3 rings (SSSR count). The molecule has 2 aromatic heterocycles. The van der Waals surface area contributed by atoms with Crippen molar-refractivity contribution in [2.75, 3.05) is 0 Å².